The van der Waals surface area contributed by atoms with E-state index in [0.717, 1.165) is 23.4 Å². The zero-order valence-corrected chi connectivity index (χ0v) is 11.4. The van der Waals surface area contributed by atoms with Gasteiger partial charge in [-0.2, -0.15) is 0 Å². The topological polar surface area (TPSA) is 32.3 Å². The number of carbonyl (C=O) groups excluding carboxylic acids is 1. The zero-order valence-electron chi connectivity index (χ0n) is 11.4. The predicted octanol–water partition coefficient (Wildman–Crippen LogP) is 2.76. The van der Waals surface area contributed by atoms with Gasteiger partial charge in [0.25, 0.3) is 5.91 Å². The second kappa shape index (κ2) is 5.71. The SMILES string of the molecule is CNc1ccc(C(=O)N(C)CC(C)C)cc1C. The number of hydrogen-bond donors (Lipinski definition) is 1. The molecule has 1 amide bonds. The Hall–Kier alpha value is -1.51. The average Bonchev–Trinajstić information content (AvgIpc) is 2.27. The molecule has 0 aliphatic rings. The van der Waals surface area contributed by atoms with E-state index in [9.17, 15) is 4.79 Å². The Morgan fingerprint density at radius 1 is 1.41 bits per heavy atom. The third-order valence-corrected chi connectivity index (χ3v) is 2.73. The van der Waals surface area contributed by atoms with Crippen molar-refractivity contribution in [3.8, 4) is 0 Å². The highest BCUT2D eigenvalue weighted by Gasteiger charge is 2.13. The molecule has 3 heteroatoms. The van der Waals surface area contributed by atoms with Crippen molar-refractivity contribution in [3.05, 3.63) is 29.3 Å². The molecule has 3 nitrogen and oxygen atoms in total. The van der Waals surface area contributed by atoms with Crippen molar-refractivity contribution in [2.75, 3.05) is 26.0 Å². The molecule has 1 aromatic rings. The van der Waals surface area contributed by atoms with Crippen molar-refractivity contribution in [1.82, 2.24) is 4.90 Å². The summed E-state index contributed by atoms with van der Waals surface area (Å²) in [4.78, 5) is 13.9. The minimum absolute atomic E-state index is 0.0875. The maximum absolute atomic E-state index is 12.1. The third-order valence-electron chi connectivity index (χ3n) is 2.73. The molecule has 0 spiro atoms. The summed E-state index contributed by atoms with van der Waals surface area (Å²) in [6.07, 6.45) is 0. The van der Waals surface area contributed by atoms with Crippen LogP contribution in [0.1, 0.15) is 29.8 Å². The minimum atomic E-state index is 0.0875. The Bertz CT molecular complexity index is 399. The van der Waals surface area contributed by atoms with E-state index in [0.29, 0.717) is 5.92 Å². The summed E-state index contributed by atoms with van der Waals surface area (Å²) in [5, 5.41) is 3.10. The van der Waals surface area contributed by atoms with Crippen LogP contribution < -0.4 is 5.32 Å². The van der Waals surface area contributed by atoms with Crippen molar-refractivity contribution < 1.29 is 4.79 Å². The van der Waals surface area contributed by atoms with Gasteiger partial charge in [-0.05, 0) is 36.6 Å². The van der Waals surface area contributed by atoms with Gasteiger partial charge in [-0.25, -0.2) is 0 Å². The first-order valence-electron chi connectivity index (χ1n) is 5.99. The first kappa shape index (κ1) is 13.6. The lowest BCUT2D eigenvalue weighted by Crippen LogP contribution is -2.30. The molecule has 0 unspecified atom stereocenters. The summed E-state index contributed by atoms with van der Waals surface area (Å²) in [5.74, 6) is 0.575. The lowest BCUT2D eigenvalue weighted by atomic mass is 10.1. The third kappa shape index (κ3) is 3.48. The van der Waals surface area contributed by atoms with E-state index < -0.39 is 0 Å². The van der Waals surface area contributed by atoms with Gasteiger partial charge in [0, 0.05) is 31.9 Å². The van der Waals surface area contributed by atoms with Gasteiger partial charge in [-0.15, -0.1) is 0 Å². The summed E-state index contributed by atoms with van der Waals surface area (Å²) in [6.45, 7) is 7.01. The van der Waals surface area contributed by atoms with Crippen LogP contribution in [-0.4, -0.2) is 31.4 Å². The summed E-state index contributed by atoms with van der Waals surface area (Å²) >= 11 is 0. The van der Waals surface area contributed by atoms with Crippen LogP contribution in [0.5, 0.6) is 0 Å². The van der Waals surface area contributed by atoms with Gasteiger partial charge in [0.1, 0.15) is 0 Å². The first-order chi connectivity index (χ1) is 7.95. The fraction of sp³-hybridized carbons (Fsp3) is 0.500. The van der Waals surface area contributed by atoms with Crippen molar-refractivity contribution >= 4 is 11.6 Å². The van der Waals surface area contributed by atoms with E-state index in [2.05, 4.69) is 19.2 Å². The van der Waals surface area contributed by atoms with E-state index >= 15 is 0 Å². The number of benzene rings is 1. The molecule has 0 bridgehead atoms. The molecule has 94 valence electrons. The summed E-state index contributed by atoms with van der Waals surface area (Å²) < 4.78 is 0. The fourth-order valence-electron chi connectivity index (χ4n) is 1.93. The highest BCUT2D eigenvalue weighted by Crippen LogP contribution is 2.17. The number of nitrogens with one attached hydrogen (secondary N) is 1. The monoisotopic (exact) mass is 234 g/mol. The largest absolute Gasteiger partial charge is 0.388 e. The molecule has 1 N–H and O–H groups in total. The highest BCUT2D eigenvalue weighted by molar-refractivity contribution is 5.94. The number of amides is 1. The molecule has 0 saturated carbocycles. The first-order valence-corrected chi connectivity index (χ1v) is 5.99. The van der Waals surface area contributed by atoms with Crippen LogP contribution in [0, 0.1) is 12.8 Å². The molecule has 0 aliphatic carbocycles. The standard InChI is InChI=1S/C14H22N2O/c1-10(2)9-16(5)14(17)12-6-7-13(15-4)11(3)8-12/h6-8,10,15H,9H2,1-5H3. The van der Waals surface area contributed by atoms with Gasteiger partial charge in [0.15, 0.2) is 0 Å². The predicted molar refractivity (Wildman–Crippen MR) is 72.5 cm³/mol. The van der Waals surface area contributed by atoms with E-state index in [1.54, 1.807) is 4.90 Å². The second-order valence-corrected chi connectivity index (χ2v) is 4.86. The molecule has 1 aromatic carbocycles. The number of nitrogens with zero attached hydrogens (tertiary/aromatic N) is 1. The lowest BCUT2D eigenvalue weighted by Gasteiger charge is -2.20. The van der Waals surface area contributed by atoms with Crippen molar-refractivity contribution in [1.29, 1.82) is 0 Å². The number of aryl methyl sites for hydroxylation is 1. The maximum Gasteiger partial charge on any atom is 0.253 e. The lowest BCUT2D eigenvalue weighted by molar-refractivity contribution is 0.0779. The Balaban J connectivity index is 2.86. The van der Waals surface area contributed by atoms with Crippen LogP contribution >= 0.6 is 0 Å². The van der Waals surface area contributed by atoms with Gasteiger partial charge in [-0.3, -0.25) is 4.79 Å². The molecular weight excluding hydrogens is 212 g/mol. The number of carbonyl (C=O) groups is 1. The molecule has 0 aromatic heterocycles. The van der Waals surface area contributed by atoms with E-state index in [1.807, 2.05) is 39.2 Å². The van der Waals surface area contributed by atoms with Crippen LogP contribution in [0.25, 0.3) is 0 Å². The van der Waals surface area contributed by atoms with Gasteiger partial charge >= 0.3 is 0 Å². The van der Waals surface area contributed by atoms with Crippen molar-refractivity contribution in [2.45, 2.75) is 20.8 Å². The number of rotatable bonds is 4. The molecule has 1 rings (SSSR count). The second-order valence-electron chi connectivity index (χ2n) is 4.86. The zero-order chi connectivity index (χ0) is 13.0. The van der Waals surface area contributed by atoms with Crippen molar-refractivity contribution in [3.63, 3.8) is 0 Å². The van der Waals surface area contributed by atoms with Gasteiger partial charge in [-0.1, -0.05) is 13.8 Å². The molecule has 0 heterocycles. The summed E-state index contributed by atoms with van der Waals surface area (Å²) in [5.41, 5.74) is 2.91. The van der Waals surface area contributed by atoms with Gasteiger partial charge in [0.05, 0.1) is 0 Å². The number of hydrogen-bond acceptors (Lipinski definition) is 2. The molecular formula is C14H22N2O. The quantitative estimate of drug-likeness (QED) is 0.868. The molecule has 0 aliphatic heterocycles. The normalized spacial score (nSPS) is 10.5. The molecule has 0 fully saturated rings. The Labute approximate surface area is 104 Å². The van der Waals surface area contributed by atoms with Crippen LogP contribution in [0.3, 0.4) is 0 Å². The summed E-state index contributed by atoms with van der Waals surface area (Å²) in [6, 6.07) is 5.76. The molecule has 0 saturated heterocycles. The Morgan fingerprint density at radius 3 is 2.53 bits per heavy atom. The van der Waals surface area contributed by atoms with E-state index in [-0.39, 0.29) is 5.91 Å². The minimum Gasteiger partial charge on any atom is -0.388 e. The summed E-state index contributed by atoms with van der Waals surface area (Å²) in [7, 11) is 3.73. The maximum atomic E-state index is 12.1. The fourth-order valence-corrected chi connectivity index (χ4v) is 1.93. The van der Waals surface area contributed by atoms with Gasteiger partial charge < -0.3 is 10.2 Å². The van der Waals surface area contributed by atoms with Crippen LogP contribution in [0.4, 0.5) is 5.69 Å². The van der Waals surface area contributed by atoms with Gasteiger partial charge in [0.2, 0.25) is 0 Å². The van der Waals surface area contributed by atoms with Crippen LogP contribution in [-0.2, 0) is 0 Å². The van der Waals surface area contributed by atoms with Crippen molar-refractivity contribution in [2.24, 2.45) is 5.92 Å². The van der Waals surface area contributed by atoms with E-state index in [4.69, 9.17) is 0 Å². The molecule has 17 heavy (non-hydrogen) atoms. The van der Waals surface area contributed by atoms with Crippen LogP contribution in [0.2, 0.25) is 0 Å². The number of anilines is 1. The van der Waals surface area contributed by atoms with E-state index in [1.165, 1.54) is 0 Å². The molecule has 0 radical (unpaired) electrons. The Kier molecular flexibility index (Phi) is 4.55. The highest BCUT2D eigenvalue weighted by atomic mass is 16.2. The molecule has 0 atom stereocenters. The Morgan fingerprint density at radius 2 is 2.06 bits per heavy atom. The van der Waals surface area contributed by atoms with Crippen LogP contribution in [0.15, 0.2) is 18.2 Å². The smallest absolute Gasteiger partial charge is 0.253 e. The average molecular weight is 234 g/mol.